The number of rotatable bonds is 29. The number of hydrogen-bond donors (Lipinski definition) is 3. The molecule has 0 bridgehead atoms. The van der Waals surface area contributed by atoms with Crippen LogP contribution in [0.2, 0.25) is 0 Å². The summed E-state index contributed by atoms with van der Waals surface area (Å²) >= 11 is 0.849. The summed E-state index contributed by atoms with van der Waals surface area (Å²) in [4.78, 5) is 41.3. The molecule has 0 saturated carbocycles. The van der Waals surface area contributed by atoms with Crippen LogP contribution in [0.15, 0.2) is 99.0 Å². The SMILES string of the molecule is CC[N+](CC)=c1ccc2c(C(C)(C)C)cc(/C=C/C=C3/N(CCCSOO[O-])c4ccc(S(=O)(=O)[O-])cc4C3(C)CCCC(=O)NCCNC(=O)c3cccc(OCC(N=[N+]=[N-])OCCOCC(=O)O)c3)oc-2c1. The third-order valence-corrected chi connectivity index (χ3v) is 13.6. The lowest BCUT2D eigenvalue weighted by Crippen LogP contribution is -2.35. The predicted molar refractivity (Wildman–Crippen MR) is 274 cm³/mol. The highest BCUT2D eigenvalue weighted by atomic mass is 32.2. The monoisotopic (exact) mass is 1060 g/mol. The number of carboxylic acids is 1. The van der Waals surface area contributed by atoms with Gasteiger partial charge in [-0.1, -0.05) is 38.0 Å². The summed E-state index contributed by atoms with van der Waals surface area (Å²) in [6.07, 6.45) is 5.95. The molecule has 400 valence electrons. The van der Waals surface area contributed by atoms with Crippen LogP contribution in [-0.2, 0) is 49.4 Å². The van der Waals surface area contributed by atoms with Gasteiger partial charge in [-0.05, 0) is 123 Å². The van der Waals surface area contributed by atoms with E-state index < -0.39 is 40.2 Å². The van der Waals surface area contributed by atoms with Gasteiger partial charge in [0.25, 0.3) is 5.91 Å². The first-order chi connectivity index (χ1) is 35.3. The molecule has 3 aliphatic rings. The zero-order valence-corrected chi connectivity index (χ0v) is 44.0. The van der Waals surface area contributed by atoms with E-state index in [-0.39, 0.29) is 66.9 Å². The molecule has 3 N–H and O–H groups in total. The Morgan fingerprint density at radius 2 is 1.81 bits per heavy atom. The van der Waals surface area contributed by atoms with Crippen molar-refractivity contribution < 1.29 is 65.7 Å². The molecule has 74 heavy (non-hydrogen) atoms. The van der Waals surface area contributed by atoms with Crippen molar-refractivity contribution in [1.29, 1.82) is 0 Å². The van der Waals surface area contributed by atoms with Gasteiger partial charge in [-0.3, -0.25) is 14.6 Å². The second-order valence-electron chi connectivity index (χ2n) is 18.3. The van der Waals surface area contributed by atoms with Crippen molar-refractivity contribution in [2.75, 3.05) is 69.8 Å². The van der Waals surface area contributed by atoms with Crippen LogP contribution in [0.3, 0.4) is 0 Å². The van der Waals surface area contributed by atoms with Crippen LogP contribution in [-0.4, -0.2) is 107 Å². The molecule has 0 saturated heterocycles. The van der Waals surface area contributed by atoms with Crippen molar-refractivity contribution in [3.8, 4) is 17.1 Å². The fourth-order valence-corrected chi connectivity index (χ4v) is 9.43. The minimum atomic E-state index is -4.84. The number of anilines is 1. The molecule has 2 atom stereocenters. The molecule has 5 rings (SSSR count). The average molecular weight is 1060 g/mol. The van der Waals surface area contributed by atoms with E-state index in [1.165, 1.54) is 18.2 Å². The van der Waals surface area contributed by atoms with Crippen molar-refractivity contribution in [3.63, 3.8) is 0 Å². The zero-order chi connectivity index (χ0) is 53.9. The van der Waals surface area contributed by atoms with E-state index in [1.807, 2.05) is 36.1 Å². The average Bonchev–Trinajstić information content (AvgIpc) is 3.58. The molecular formula is C51H64N7O14S2-. The molecule has 23 heteroatoms. The Balaban J connectivity index is 1.30. The van der Waals surface area contributed by atoms with E-state index >= 15 is 0 Å². The van der Waals surface area contributed by atoms with Gasteiger partial charge in [0.05, 0.1) is 24.2 Å². The third kappa shape index (κ3) is 16.6. The van der Waals surface area contributed by atoms with Gasteiger partial charge in [0.1, 0.15) is 53.7 Å². The number of hydrogen-bond acceptors (Lipinski definition) is 16. The van der Waals surface area contributed by atoms with Crippen molar-refractivity contribution in [2.45, 2.75) is 89.2 Å². The largest absolute Gasteiger partial charge is 0.744 e. The number of benzene rings is 3. The first-order valence-corrected chi connectivity index (χ1v) is 26.4. The first-order valence-electron chi connectivity index (χ1n) is 24.1. The molecule has 0 radical (unpaired) electrons. The molecule has 1 aliphatic carbocycles. The van der Waals surface area contributed by atoms with Crippen LogP contribution in [0, 0.1) is 0 Å². The lowest BCUT2D eigenvalue weighted by atomic mass is 9.77. The molecule has 2 aliphatic heterocycles. The fraction of sp³-hybridized carbons (Fsp3) is 0.451. The number of azide groups is 1. The molecule has 2 amide bonds. The molecule has 0 spiro atoms. The number of ether oxygens (including phenoxy) is 3. The molecule has 2 heterocycles. The van der Waals surface area contributed by atoms with E-state index in [9.17, 15) is 32.6 Å². The van der Waals surface area contributed by atoms with Crippen LogP contribution in [0.25, 0.3) is 27.8 Å². The van der Waals surface area contributed by atoms with Gasteiger partial charge in [0, 0.05) is 82.8 Å². The summed E-state index contributed by atoms with van der Waals surface area (Å²) in [5.74, 6) is 0.168. The lowest BCUT2D eigenvalue weighted by Gasteiger charge is -2.30. The maximum absolute atomic E-state index is 13.3. The van der Waals surface area contributed by atoms with Crippen molar-refractivity contribution >= 4 is 51.7 Å². The van der Waals surface area contributed by atoms with E-state index in [2.05, 4.69) is 87.4 Å². The van der Waals surface area contributed by atoms with Gasteiger partial charge in [-0.15, -0.1) is 0 Å². The van der Waals surface area contributed by atoms with Gasteiger partial charge in [0.2, 0.25) is 11.3 Å². The minimum Gasteiger partial charge on any atom is -0.744 e. The van der Waals surface area contributed by atoms with Gasteiger partial charge in [0.15, 0.2) is 6.23 Å². The number of nitrogens with one attached hydrogen (secondary N) is 2. The Bertz CT molecular complexity index is 2840. The molecule has 0 aromatic heterocycles. The Labute approximate surface area is 435 Å². The number of fused-ring (bicyclic) bond motifs is 2. The van der Waals surface area contributed by atoms with Crippen LogP contribution in [0.4, 0.5) is 5.69 Å². The Morgan fingerprint density at radius 1 is 1.04 bits per heavy atom. The van der Waals surface area contributed by atoms with E-state index in [4.69, 9.17) is 29.3 Å². The molecule has 2 unspecified atom stereocenters. The van der Waals surface area contributed by atoms with Crippen molar-refractivity contribution in [2.24, 2.45) is 5.11 Å². The maximum atomic E-state index is 13.3. The third-order valence-electron chi connectivity index (χ3n) is 12.2. The Morgan fingerprint density at radius 3 is 2.51 bits per heavy atom. The number of carboxylic acid groups (broad SMARTS) is 1. The number of carbonyl (C=O) groups excluding carboxylic acids is 2. The topological polar surface area (TPSA) is 290 Å². The highest BCUT2D eigenvalue weighted by Gasteiger charge is 2.43. The zero-order valence-electron chi connectivity index (χ0n) is 42.4. The van der Waals surface area contributed by atoms with E-state index in [1.54, 1.807) is 24.3 Å². The number of aliphatic carboxylic acids is 1. The predicted octanol–water partition coefficient (Wildman–Crippen LogP) is 6.18. The summed E-state index contributed by atoms with van der Waals surface area (Å²) in [6, 6.07) is 18.9. The molecule has 0 fully saturated rings. The molecule has 21 nitrogen and oxygen atoms in total. The Hall–Kier alpha value is -6.27. The quantitative estimate of drug-likeness (QED) is 0.00629. The van der Waals surface area contributed by atoms with E-state index in [0.29, 0.717) is 48.6 Å². The first kappa shape index (κ1) is 58.6. The number of nitrogens with zero attached hydrogens (tertiary/aromatic N) is 5. The van der Waals surface area contributed by atoms with Crippen molar-refractivity contribution in [1.82, 2.24) is 15.2 Å². The van der Waals surface area contributed by atoms with Crippen LogP contribution in [0.5, 0.6) is 5.75 Å². The van der Waals surface area contributed by atoms with Crippen LogP contribution >= 0.6 is 12.0 Å². The number of allylic oxidation sites excluding steroid dienone is 3. The smallest absolute Gasteiger partial charge is 0.329 e. The maximum Gasteiger partial charge on any atom is 0.329 e. The van der Waals surface area contributed by atoms with E-state index in [0.717, 1.165) is 53.1 Å². The number of carbonyl (C=O) groups is 3. The van der Waals surface area contributed by atoms with Crippen LogP contribution in [0.1, 0.15) is 94.5 Å². The number of amides is 2. The standard InChI is InChI=1S/C51H65N7O14S2/c1-7-57(8-2)36-18-20-40-41(50(3,4)5)31-38(70-44(40)30-36)15-10-16-45-51(6,42-32-39(74(64,65)66)19-21-43(42)58(45)25-12-28-73-72-71-63)22-11-17-46(59)53-23-24-54-49(62)35-13-9-14-37(29-35)69-33-47(55-56-52)68-27-26-67-34-48(60)61/h9-10,13-16,18-21,29-32,47H,7-8,11-12,17,22-28,33-34H2,1-6H3,(H4-,53,54,59,60,61,62,63,64,65,66)/p-1. The van der Waals surface area contributed by atoms with Gasteiger partial charge >= 0.3 is 5.97 Å². The molecule has 2 aromatic rings. The summed E-state index contributed by atoms with van der Waals surface area (Å²) in [5.41, 5.74) is 12.2. The normalized spacial score (nSPS) is 15.5. The van der Waals surface area contributed by atoms with Gasteiger partial charge in [-0.2, -0.15) is 4.33 Å². The van der Waals surface area contributed by atoms with Crippen molar-refractivity contribution in [3.05, 3.63) is 123 Å². The second-order valence-corrected chi connectivity index (χ2v) is 20.4. The minimum absolute atomic E-state index is 0.0469. The summed E-state index contributed by atoms with van der Waals surface area (Å²) in [6.45, 7) is 14.1. The van der Waals surface area contributed by atoms with Gasteiger partial charge in [-0.25, -0.2) is 17.8 Å². The summed E-state index contributed by atoms with van der Waals surface area (Å²) in [5, 5.41) is 32.8. The van der Waals surface area contributed by atoms with Crippen LogP contribution < -0.4 is 35.5 Å². The summed E-state index contributed by atoms with van der Waals surface area (Å²) < 4.78 is 66.5. The fourth-order valence-electron chi connectivity index (χ4n) is 8.58. The molecule has 2 aromatic carbocycles. The highest BCUT2D eigenvalue weighted by molar-refractivity contribution is 7.94. The summed E-state index contributed by atoms with van der Waals surface area (Å²) in [7, 11) is -4.84. The molecular weight excluding hydrogens is 999 g/mol. The highest BCUT2D eigenvalue weighted by Crippen LogP contribution is 2.51. The Kier molecular flexibility index (Phi) is 22.1. The lowest BCUT2D eigenvalue weighted by molar-refractivity contribution is -0.777. The van der Waals surface area contributed by atoms with Gasteiger partial charge < -0.3 is 49.1 Å². The second kappa shape index (κ2) is 27.9.